The molecule has 3 unspecified atom stereocenters. The highest BCUT2D eigenvalue weighted by Gasteiger charge is 2.67. The molecular weight excluding hydrogens is 210 g/mol. The van der Waals surface area contributed by atoms with Crippen LogP contribution in [0.3, 0.4) is 0 Å². The zero-order chi connectivity index (χ0) is 11.3. The zero-order valence-corrected chi connectivity index (χ0v) is 9.51. The first-order valence-electron chi connectivity index (χ1n) is 4.89. The Kier molecular flexibility index (Phi) is 2.13. The molecule has 0 heterocycles. The molecule has 2 aliphatic carbocycles. The number of carbonyl (C=O) groups excluding carboxylic acids is 1. The van der Waals surface area contributed by atoms with Gasteiger partial charge in [0.1, 0.15) is 4.75 Å². The third-order valence-electron chi connectivity index (χ3n) is 3.66. The minimum atomic E-state index is -0.583. The van der Waals surface area contributed by atoms with E-state index in [1.165, 1.54) is 7.11 Å². The van der Waals surface area contributed by atoms with E-state index in [0.29, 0.717) is 17.9 Å². The third kappa shape index (κ3) is 1.37. The Morgan fingerprint density at radius 3 is 2.80 bits per heavy atom. The van der Waals surface area contributed by atoms with E-state index in [9.17, 15) is 4.79 Å². The van der Waals surface area contributed by atoms with Crippen LogP contribution in [0.1, 0.15) is 19.3 Å². The molecule has 0 aliphatic heterocycles. The molecule has 0 N–H and O–H groups in total. The Bertz CT molecular complexity index is 387. The summed E-state index contributed by atoms with van der Waals surface area (Å²) in [6.07, 6.45) is 2.33. The molecule has 3 atom stereocenters. The second-order valence-corrected chi connectivity index (χ2v) is 5.41. The molecule has 80 valence electrons. The lowest BCUT2D eigenvalue weighted by atomic mass is 9.91. The summed E-state index contributed by atoms with van der Waals surface area (Å²) >= 11 is 4.36. The molecule has 0 amide bonds. The SMILES string of the molecule is C=C(C(=O)OC)C12CC1CC(S)(C#N)C2. The molecule has 0 aromatic rings. The average molecular weight is 223 g/mol. The molecule has 0 saturated heterocycles. The van der Waals surface area contributed by atoms with Crippen molar-refractivity contribution in [2.45, 2.75) is 24.0 Å². The van der Waals surface area contributed by atoms with Crippen molar-refractivity contribution in [1.29, 1.82) is 5.26 Å². The quantitative estimate of drug-likeness (QED) is 0.440. The number of hydrogen-bond donors (Lipinski definition) is 1. The molecular formula is C11H13NO2S. The minimum absolute atomic E-state index is 0.190. The average Bonchev–Trinajstić information content (AvgIpc) is 2.81. The van der Waals surface area contributed by atoms with Crippen LogP contribution in [0.2, 0.25) is 0 Å². The van der Waals surface area contributed by atoms with Gasteiger partial charge in [0.05, 0.1) is 13.2 Å². The fourth-order valence-corrected chi connectivity index (χ4v) is 3.26. The standard InChI is InChI=1S/C11H13NO2S/c1-7(9(13)14-2)11-4-8(11)3-10(15,5-11)6-12/h8,15H,1,3-5H2,2H3. The molecule has 2 rings (SSSR count). The fourth-order valence-electron chi connectivity index (χ4n) is 2.75. The van der Waals surface area contributed by atoms with Gasteiger partial charge < -0.3 is 4.74 Å². The maximum atomic E-state index is 11.4. The largest absolute Gasteiger partial charge is 0.466 e. The first-order valence-corrected chi connectivity index (χ1v) is 5.33. The van der Waals surface area contributed by atoms with Gasteiger partial charge in [0.2, 0.25) is 0 Å². The van der Waals surface area contributed by atoms with E-state index in [0.717, 1.165) is 12.8 Å². The first kappa shape index (κ1) is 10.6. The summed E-state index contributed by atoms with van der Waals surface area (Å²) < 4.78 is 4.09. The molecule has 15 heavy (non-hydrogen) atoms. The van der Waals surface area contributed by atoms with E-state index < -0.39 is 4.75 Å². The number of hydrogen-bond acceptors (Lipinski definition) is 4. The normalized spacial score (nSPS) is 41.5. The van der Waals surface area contributed by atoms with E-state index in [2.05, 4.69) is 30.0 Å². The molecule has 2 saturated carbocycles. The molecule has 0 spiro atoms. The monoisotopic (exact) mass is 223 g/mol. The van der Waals surface area contributed by atoms with Gasteiger partial charge in [-0.2, -0.15) is 17.9 Å². The smallest absolute Gasteiger partial charge is 0.333 e. The molecule has 0 bridgehead atoms. The summed E-state index contributed by atoms with van der Waals surface area (Å²) in [6, 6.07) is 2.21. The van der Waals surface area contributed by atoms with Crippen molar-refractivity contribution in [2.24, 2.45) is 11.3 Å². The van der Waals surface area contributed by atoms with Crippen LogP contribution < -0.4 is 0 Å². The Morgan fingerprint density at radius 1 is 1.67 bits per heavy atom. The van der Waals surface area contributed by atoms with Gasteiger partial charge in [0, 0.05) is 11.0 Å². The van der Waals surface area contributed by atoms with Gasteiger partial charge in [-0.25, -0.2) is 4.79 Å². The zero-order valence-electron chi connectivity index (χ0n) is 8.62. The van der Waals surface area contributed by atoms with Crippen LogP contribution in [0.25, 0.3) is 0 Å². The van der Waals surface area contributed by atoms with Crippen LogP contribution in [0, 0.1) is 22.7 Å². The third-order valence-corrected chi connectivity index (χ3v) is 4.11. The van der Waals surface area contributed by atoms with E-state index in [1.54, 1.807) is 0 Å². The minimum Gasteiger partial charge on any atom is -0.466 e. The topological polar surface area (TPSA) is 50.1 Å². The lowest BCUT2D eigenvalue weighted by Crippen LogP contribution is -2.21. The van der Waals surface area contributed by atoms with Crippen molar-refractivity contribution in [3.8, 4) is 6.07 Å². The van der Waals surface area contributed by atoms with E-state index in [-0.39, 0.29) is 11.4 Å². The van der Waals surface area contributed by atoms with Gasteiger partial charge in [-0.15, -0.1) is 0 Å². The Morgan fingerprint density at radius 2 is 2.33 bits per heavy atom. The van der Waals surface area contributed by atoms with Crippen molar-refractivity contribution in [2.75, 3.05) is 7.11 Å². The van der Waals surface area contributed by atoms with Gasteiger partial charge in [0.25, 0.3) is 0 Å². The van der Waals surface area contributed by atoms with Gasteiger partial charge in [-0.05, 0) is 25.2 Å². The van der Waals surface area contributed by atoms with Gasteiger partial charge in [-0.3, -0.25) is 0 Å². The highest BCUT2D eigenvalue weighted by atomic mass is 32.1. The predicted octanol–water partition coefficient (Wildman–Crippen LogP) is 1.71. The molecule has 3 nitrogen and oxygen atoms in total. The number of carbonyl (C=O) groups is 1. The number of fused-ring (bicyclic) bond motifs is 1. The number of rotatable bonds is 2. The molecule has 2 fully saturated rings. The van der Waals surface area contributed by atoms with E-state index >= 15 is 0 Å². The number of nitriles is 1. The number of thiol groups is 1. The Labute approximate surface area is 94.5 Å². The fraction of sp³-hybridized carbons (Fsp3) is 0.636. The summed E-state index contributed by atoms with van der Waals surface area (Å²) in [5, 5.41) is 8.98. The summed E-state index contributed by atoms with van der Waals surface area (Å²) in [4.78, 5) is 11.4. The van der Waals surface area contributed by atoms with Crippen molar-refractivity contribution in [1.82, 2.24) is 0 Å². The Balaban J connectivity index is 2.17. The molecule has 4 heteroatoms. The second kappa shape index (κ2) is 3.02. The predicted molar refractivity (Wildman–Crippen MR) is 58.3 cm³/mol. The van der Waals surface area contributed by atoms with Crippen LogP contribution >= 0.6 is 12.6 Å². The van der Waals surface area contributed by atoms with E-state index in [4.69, 9.17) is 5.26 Å². The summed E-state index contributed by atoms with van der Waals surface area (Å²) in [7, 11) is 1.36. The van der Waals surface area contributed by atoms with E-state index in [1.807, 2.05) is 0 Å². The number of ether oxygens (including phenoxy) is 1. The van der Waals surface area contributed by atoms with Gasteiger partial charge >= 0.3 is 5.97 Å². The van der Waals surface area contributed by atoms with Gasteiger partial charge in [-0.1, -0.05) is 6.58 Å². The lowest BCUT2D eigenvalue weighted by molar-refractivity contribution is -0.136. The van der Waals surface area contributed by atoms with Crippen molar-refractivity contribution in [3.63, 3.8) is 0 Å². The molecule has 0 aromatic heterocycles. The number of methoxy groups -OCH3 is 1. The Hall–Kier alpha value is -0.950. The van der Waals surface area contributed by atoms with Gasteiger partial charge in [0.15, 0.2) is 0 Å². The lowest BCUT2D eigenvalue weighted by Gasteiger charge is -2.19. The highest BCUT2D eigenvalue weighted by Crippen LogP contribution is 2.71. The summed E-state index contributed by atoms with van der Waals surface area (Å²) in [6.45, 7) is 3.80. The van der Waals surface area contributed by atoms with Crippen molar-refractivity contribution >= 4 is 18.6 Å². The van der Waals surface area contributed by atoms with Crippen molar-refractivity contribution < 1.29 is 9.53 Å². The summed E-state index contributed by atoms with van der Waals surface area (Å²) in [5.41, 5.74) is 0.325. The van der Waals surface area contributed by atoms with Crippen LogP contribution in [-0.2, 0) is 9.53 Å². The second-order valence-electron chi connectivity index (χ2n) is 4.55. The maximum Gasteiger partial charge on any atom is 0.333 e. The first-order chi connectivity index (χ1) is 6.97. The summed E-state index contributed by atoms with van der Waals surface area (Å²) in [5.74, 6) is 0.0364. The van der Waals surface area contributed by atoms with Crippen LogP contribution in [0.15, 0.2) is 12.2 Å². The van der Waals surface area contributed by atoms with Crippen LogP contribution in [0.4, 0.5) is 0 Å². The molecule has 2 aliphatic rings. The molecule has 0 radical (unpaired) electrons. The van der Waals surface area contributed by atoms with Crippen LogP contribution in [0.5, 0.6) is 0 Å². The number of nitrogens with zero attached hydrogens (tertiary/aromatic N) is 1. The van der Waals surface area contributed by atoms with Crippen LogP contribution in [-0.4, -0.2) is 17.8 Å². The number of esters is 1. The highest BCUT2D eigenvalue weighted by molar-refractivity contribution is 7.82. The maximum absolute atomic E-state index is 11.4. The van der Waals surface area contributed by atoms with Crippen molar-refractivity contribution in [3.05, 3.63) is 12.2 Å². The molecule has 0 aromatic carbocycles.